The average molecular weight is 281 g/mol. The molecule has 1 aliphatic heterocycles. The van der Waals surface area contributed by atoms with Crippen molar-refractivity contribution in [3.63, 3.8) is 0 Å². The minimum absolute atomic E-state index is 0.00437. The van der Waals surface area contributed by atoms with Crippen molar-refractivity contribution in [3.05, 3.63) is 35.4 Å². The fraction of sp³-hybridized carbons (Fsp3) is 0.533. The zero-order valence-corrected chi connectivity index (χ0v) is 11.1. The van der Waals surface area contributed by atoms with Crippen LogP contribution in [0.15, 0.2) is 18.2 Å². The van der Waals surface area contributed by atoms with Gasteiger partial charge >= 0.3 is 0 Å². The standard InChI is InChI=1S/C15H17F2NO2/c16-9-3-4-11(14(17)6-9)12-7-13(12)15(20)18-5-1-2-10(18)8-19/h3-4,6,10,12-13,19H,1-2,5,7-8H2/t10-,12-,13-/m1/s1. The number of aliphatic hydroxyl groups is 1. The largest absolute Gasteiger partial charge is 0.394 e. The first kappa shape index (κ1) is 13.5. The molecule has 3 rings (SSSR count). The molecule has 0 unspecified atom stereocenters. The molecule has 1 aliphatic carbocycles. The van der Waals surface area contributed by atoms with Gasteiger partial charge in [-0.1, -0.05) is 6.07 Å². The monoisotopic (exact) mass is 281 g/mol. The van der Waals surface area contributed by atoms with Crippen LogP contribution in [0, 0.1) is 17.6 Å². The van der Waals surface area contributed by atoms with Crippen molar-refractivity contribution in [1.82, 2.24) is 4.90 Å². The van der Waals surface area contributed by atoms with Crippen LogP contribution in [0.4, 0.5) is 8.78 Å². The third kappa shape index (κ3) is 2.30. The number of hydrogen-bond donors (Lipinski definition) is 1. The molecule has 2 fully saturated rings. The molecule has 1 N–H and O–H groups in total. The van der Waals surface area contributed by atoms with E-state index in [1.165, 1.54) is 12.1 Å². The molecule has 108 valence electrons. The Morgan fingerprint density at radius 3 is 2.90 bits per heavy atom. The number of halogens is 2. The van der Waals surface area contributed by atoms with E-state index in [1.807, 2.05) is 0 Å². The highest BCUT2D eigenvalue weighted by atomic mass is 19.1. The first-order valence-electron chi connectivity index (χ1n) is 6.98. The molecule has 1 saturated heterocycles. The molecule has 2 aliphatic rings. The van der Waals surface area contributed by atoms with Crippen LogP contribution in [-0.4, -0.2) is 35.1 Å². The first-order valence-corrected chi connectivity index (χ1v) is 6.98. The maximum Gasteiger partial charge on any atom is 0.226 e. The minimum Gasteiger partial charge on any atom is -0.394 e. The summed E-state index contributed by atoms with van der Waals surface area (Å²) < 4.78 is 26.6. The molecule has 1 aromatic carbocycles. The fourth-order valence-corrected chi connectivity index (χ4v) is 3.14. The first-order chi connectivity index (χ1) is 9.61. The molecular weight excluding hydrogens is 264 g/mol. The van der Waals surface area contributed by atoms with Gasteiger partial charge in [-0.2, -0.15) is 0 Å². The second-order valence-corrected chi connectivity index (χ2v) is 5.62. The third-order valence-electron chi connectivity index (χ3n) is 4.34. The number of nitrogens with zero attached hydrogens (tertiary/aromatic N) is 1. The van der Waals surface area contributed by atoms with Gasteiger partial charge < -0.3 is 10.0 Å². The highest BCUT2D eigenvalue weighted by molar-refractivity contribution is 5.83. The van der Waals surface area contributed by atoms with Gasteiger partial charge in [-0.25, -0.2) is 8.78 Å². The predicted octanol–water partition coefficient (Wildman–Crippen LogP) is 2.05. The Labute approximate surface area is 116 Å². The molecule has 0 aromatic heterocycles. The van der Waals surface area contributed by atoms with Crippen LogP contribution in [0.5, 0.6) is 0 Å². The fourth-order valence-electron chi connectivity index (χ4n) is 3.14. The Bertz CT molecular complexity index is 535. The van der Waals surface area contributed by atoms with Crippen LogP contribution in [0.1, 0.15) is 30.7 Å². The molecular formula is C15H17F2NO2. The maximum absolute atomic E-state index is 13.7. The van der Waals surface area contributed by atoms with Gasteiger partial charge in [0.1, 0.15) is 11.6 Å². The van der Waals surface area contributed by atoms with Gasteiger partial charge in [0.15, 0.2) is 0 Å². The van der Waals surface area contributed by atoms with E-state index in [-0.39, 0.29) is 30.4 Å². The topological polar surface area (TPSA) is 40.5 Å². The molecule has 1 amide bonds. The van der Waals surface area contributed by atoms with Crippen molar-refractivity contribution in [2.75, 3.05) is 13.2 Å². The summed E-state index contributed by atoms with van der Waals surface area (Å²) >= 11 is 0. The van der Waals surface area contributed by atoms with Gasteiger partial charge in [0.05, 0.1) is 12.6 Å². The molecule has 1 heterocycles. The van der Waals surface area contributed by atoms with Crippen LogP contribution in [-0.2, 0) is 4.79 Å². The van der Waals surface area contributed by atoms with E-state index in [0.717, 1.165) is 18.9 Å². The van der Waals surface area contributed by atoms with Crippen molar-refractivity contribution >= 4 is 5.91 Å². The minimum atomic E-state index is -0.602. The van der Waals surface area contributed by atoms with Crippen molar-refractivity contribution in [1.29, 1.82) is 0 Å². The second-order valence-electron chi connectivity index (χ2n) is 5.62. The van der Waals surface area contributed by atoms with Gasteiger partial charge in [-0.05, 0) is 36.8 Å². The normalized spacial score (nSPS) is 28.8. The molecule has 0 radical (unpaired) electrons. The summed E-state index contributed by atoms with van der Waals surface area (Å²) in [4.78, 5) is 14.1. The van der Waals surface area contributed by atoms with Crippen LogP contribution in [0.2, 0.25) is 0 Å². The third-order valence-corrected chi connectivity index (χ3v) is 4.34. The Morgan fingerprint density at radius 1 is 1.40 bits per heavy atom. The van der Waals surface area contributed by atoms with Gasteiger partial charge in [0.25, 0.3) is 0 Å². The van der Waals surface area contributed by atoms with E-state index in [0.29, 0.717) is 18.5 Å². The van der Waals surface area contributed by atoms with Crippen LogP contribution in [0.3, 0.4) is 0 Å². The summed E-state index contributed by atoms with van der Waals surface area (Å²) in [5.74, 6) is -1.56. The van der Waals surface area contributed by atoms with Crippen molar-refractivity contribution in [3.8, 4) is 0 Å². The van der Waals surface area contributed by atoms with E-state index < -0.39 is 11.6 Å². The predicted molar refractivity (Wildman–Crippen MR) is 69.0 cm³/mol. The van der Waals surface area contributed by atoms with Gasteiger partial charge in [0.2, 0.25) is 5.91 Å². The van der Waals surface area contributed by atoms with E-state index in [2.05, 4.69) is 0 Å². The van der Waals surface area contributed by atoms with Crippen molar-refractivity contribution in [2.24, 2.45) is 5.92 Å². The number of likely N-dealkylation sites (tertiary alicyclic amines) is 1. The summed E-state index contributed by atoms with van der Waals surface area (Å²) in [5, 5.41) is 9.25. The zero-order chi connectivity index (χ0) is 14.3. The van der Waals surface area contributed by atoms with Crippen LogP contribution < -0.4 is 0 Å². The molecule has 1 aromatic rings. The zero-order valence-electron chi connectivity index (χ0n) is 11.1. The summed E-state index contributed by atoms with van der Waals surface area (Å²) in [6, 6.07) is 3.42. The van der Waals surface area contributed by atoms with Crippen LogP contribution >= 0.6 is 0 Å². The quantitative estimate of drug-likeness (QED) is 0.921. The Hall–Kier alpha value is -1.49. The summed E-state index contributed by atoms with van der Waals surface area (Å²) in [6.45, 7) is 0.646. The lowest BCUT2D eigenvalue weighted by Crippen LogP contribution is -2.38. The Balaban J connectivity index is 1.71. The number of rotatable bonds is 3. The SMILES string of the molecule is O=C([C@@H]1C[C@@H]1c1ccc(F)cc1F)N1CCC[C@@H]1CO. The highest BCUT2D eigenvalue weighted by Crippen LogP contribution is 2.49. The Kier molecular flexibility index (Phi) is 3.46. The number of aliphatic hydroxyl groups excluding tert-OH is 1. The molecule has 5 heteroatoms. The molecule has 0 spiro atoms. The number of carbonyl (C=O) groups is 1. The molecule has 3 atom stereocenters. The number of hydrogen-bond acceptors (Lipinski definition) is 2. The average Bonchev–Trinajstić information content (AvgIpc) is 3.06. The molecule has 20 heavy (non-hydrogen) atoms. The Morgan fingerprint density at radius 2 is 2.20 bits per heavy atom. The van der Waals surface area contributed by atoms with Crippen molar-refractivity contribution < 1.29 is 18.7 Å². The number of carbonyl (C=O) groups excluding carboxylic acids is 1. The summed E-state index contributed by atoms with van der Waals surface area (Å²) in [6.07, 6.45) is 2.33. The summed E-state index contributed by atoms with van der Waals surface area (Å²) in [7, 11) is 0. The van der Waals surface area contributed by atoms with Crippen molar-refractivity contribution in [2.45, 2.75) is 31.2 Å². The number of amides is 1. The van der Waals surface area contributed by atoms with Crippen LogP contribution in [0.25, 0.3) is 0 Å². The summed E-state index contributed by atoms with van der Waals surface area (Å²) in [5.41, 5.74) is 0.421. The molecule has 1 saturated carbocycles. The van der Waals surface area contributed by atoms with E-state index in [9.17, 15) is 18.7 Å². The van der Waals surface area contributed by atoms with E-state index in [4.69, 9.17) is 0 Å². The van der Waals surface area contributed by atoms with Gasteiger partial charge in [0, 0.05) is 18.5 Å². The molecule has 0 bridgehead atoms. The van der Waals surface area contributed by atoms with E-state index in [1.54, 1.807) is 4.90 Å². The van der Waals surface area contributed by atoms with Gasteiger partial charge in [-0.15, -0.1) is 0 Å². The second kappa shape index (κ2) is 5.13. The lowest BCUT2D eigenvalue weighted by Gasteiger charge is -2.23. The van der Waals surface area contributed by atoms with Gasteiger partial charge in [-0.3, -0.25) is 4.79 Å². The van der Waals surface area contributed by atoms with E-state index >= 15 is 0 Å². The lowest BCUT2D eigenvalue weighted by atomic mass is 10.1. The lowest BCUT2D eigenvalue weighted by molar-refractivity contribution is -0.134. The maximum atomic E-state index is 13.7. The molecule has 3 nitrogen and oxygen atoms in total. The highest BCUT2D eigenvalue weighted by Gasteiger charge is 2.48. The smallest absolute Gasteiger partial charge is 0.226 e. The number of benzene rings is 1.